The van der Waals surface area contributed by atoms with Gasteiger partial charge in [0.2, 0.25) is 0 Å². The number of nitrogens with zero attached hydrogens (tertiary/aromatic N) is 3. The number of H-pyrrole nitrogens is 1. The average Bonchev–Trinajstić information content (AvgIpc) is 2.78. The summed E-state index contributed by atoms with van der Waals surface area (Å²) in [6.07, 6.45) is -3.96. The van der Waals surface area contributed by atoms with E-state index in [-0.39, 0.29) is 16.7 Å². The third-order valence-electron chi connectivity index (χ3n) is 3.91. The van der Waals surface area contributed by atoms with Gasteiger partial charge in [-0.15, -0.1) is 0 Å². The predicted octanol–water partition coefficient (Wildman–Crippen LogP) is -0.895. The maximum absolute atomic E-state index is 12.8. The molecule has 2 heterocycles. The van der Waals surface area contributed by atoms with Crippen molar-refractivity contribution in [3.63, 3.8) is 0 Å². The maximum Gasteiger partial charge on any atom is 0.406 e. The van der Waals surface area contributed by atoms with Gasteiger partial charge in [-0.2, -0.15) is 13.2 Å². The summed E-state index contributed by atoms with van der Waals surface area (Å²) in [5, 5.41) is 11.0. The molecule has 0 aliphatic rings. The number of aryl methyl sites for hydroxylation is 1. The smallest absolute Gasteiger partial charge is 0.406 e. The minimum atomic E-state index is -4.66. The summed E-state index contributed by atoms with van der Waals surface area (Å²) in [4.78, 5) is 48.3. The van der Waals surface area contributed by atoms with Crippen LogP contribution in [0.5, 0.6) is 0 Å². The molecular formula is C15H10F3N4O5-. The Morgan fingerprint density at radius 1 is 1.19 bits per heavy atom. The number of rotatable bonds is 3. The highest BCUT2D eigenvalue weighted by molar-refractivity contribution is 5.85. The molecule has 1 aromatic carbocycles. The van der Waals surface area contributed by atoms with Crippen molar-refractivity contribution in [3.05, 3.63) is 61.3 Å². The lowest BCUT2D eigenvalue weighted by Crippen LogP contribution is -2.37. The summed E-state index contributed by atoms with van der Waals surface area (Å²) >= 11 is 0. The third kappa shape index (κ3) is 3.16. The number of hydrogen-bond donors (Lipinski definition) is 1. The van der Waals surface area contributed by atoms with Gasteiger partial charge in [0.1, 0.15) is 6.54 Å². The van der Waals surface area contributed by atoms with E-state index in [1.54, 1.807) is 4.98 Å². The van der Waals surface area contributed by atoms with E-state index in [0.29, 0.717) is 10.8 Å². The lowest BCUT2D eigenvalue weighted by molar-refractivity contribution is -0.255. The fourth-order valence-corrected chi connectivity index (χ4v) is 2.69. The summed E-state index contributed by atoms with van der Waals surface area (Å²) in [7, 11) is 1.29. The SMILES string of the molecule is Cn1c(=O)n(CC(F)(F)F)c2cc(-n3cc(C(=O)[O-])c(=O)[nH]c3=O)ccc21. The number of imidazole rings is 1. The zero-order valence-electron chi connectivity index (χ0n) is 13.5. The molecule has 3 aromatic rings. The molecule has 0 saturated carbocycles. The molecule has 27 heavy (non-hydrogen) atoms. The molecule has 0 aliphatic heterocycles. The van der Waals surface area contributed by atoms with Crippen molar-refractivity contribution in [2.24, 2.45) is 7.05 Å². The standard InChI is InChI=1S/C15H11F3N4O5/c1-20-9-3-2-7(4-10(9)22(14(20)27)6-15(16,17)18)21-5-8(12(24)25)11(23)19-13(21)26/h2-5H,6H2,1H3,(H,24,25)(H,19,23,26)/p-1. The molecule has 0 bridgehead atoms. The van der Waals surface area contributed by atoms with Crippen LogP contribution in [0.2, 0.25) is 0 Å². The molecule has 2 aromatic heterocycles. The van der Waals surface area contributed by atoms with Crippen LogP contribution in [0, 0.1) is 0 Å². The Balaban J connectivity index is 2.30. The molecule has 0 fully saturated rings. The fraction of sp³-hybridized carbons (Fsp3) is 0.200. The largest absolute Gasteiger partial charge is 0.545 e. The molecular weight excluding hydrogens is 373 g/mol. The molecule has 0 spiro atoms. The van der Waals surface area contributed by atoms with Crippen molar-refractivity contribution in [2.75, 3.05) is 0 Å². The van der Waals surface area contributed by atoms with Crippen LogP contribution in [0.25, 0.3) is 16.7 Å². The van der Waals surface area contributed by atoms with E-state index in [2.05, 4.69) is 0 Å². The Labute approximate surface area is 146 Å². The highest BCUT2D eigenvalue weighted by atomic mass is 19.4. The van der Waals surface area contributed by atoms with Gasteiger partial charge >= 0.3 is 17.6 Å². The number of hydrogen-bond acceptors (Lipinski definition) is 5. The Morgan fingerprint density at radius 2 is 1.85 bits per heavy atom. The van der Waals surface area contributed by atoms with Gasteiger partial charge in [-0.05, 0) is 18.2 Å². The van der Waals surface area contributed by atoms with E-state index in [9.17, 15) is 37.5 Å². The third-order valence-corrected chi connectivity index (χ3v) is 3.91. The Bertz CT molecular complexity index is 1250. The summed E-state index contributed by atoms with van der Waals surface area (Å²) < 4.78 is 40.6. The predicted molar refractivity (Wildman–Crippen MR) is 83.8 cm³/mol. The number of benzene rings is 1. The molecule has 142 valence electrons. The van der Waals surface area contributed by atoms with Crippen LogP contribution < -0.4 is 22.0 Å². The number of halogens is 3. The minimum Gasteiger partial charge on any atom is -0.545 e. The van der Waals surface area contributed by atoms with E-state index in [1.807, 2.05) is 0 Å². The van der Waals surface area contributed by atoms with Crippen molar-refractivity contribution in [1.29, 1.82) is 0 Å². The van der Waals surface area contributed by atoms with Gasteiger partial charge in [-0.3, -0.25) is 23.5 Å². The number of nitrogens with one attached hydrogen (secondary N) is 1. The Kier molecular flexibility index (Phi) is 4.05. The molecule has 0 radical (unpaired) electrons. The summed E-state index contributed by atoms with van der Waals surface area (Å²) in [5.74, 6) is -1.83. The van der Waals surface area contributed by atoms with Gasteiger partial charge in [0.05, 0.1) is 28.3 Å². The van der Waals surface area contributed by atoms with Gasteiger partial charge in [-0.1, -0.05) is 0 Å². The van der Waals surface area contributed by atoms with E-state index in [1.165, 1.54) is 19.2 Å². The van der Waals surface area contributed by atoms with Crippen LogP contribution in [0.15, 0.2) is 38.8 Å². The van der Waals surface area contributed by atoms with Crippen molar-refractivity contribution >= 4 is 17.0 Å². The summed E-state index contributed by atoms with van der Waals surface area (Å²) in [6.45, 7) is -1.54. The molecule has 9 nitrogen and oxygen atoms in total. The first kappa shape index (κ1) is 18.2. The number of carbonyl (C=O) groups is 1. The molecule has 0 unspecified atom stereocenters. The lowest BCUT2D eigenvalue weighted by Gasteiger charge is -2.10. The molecule has 0 saturated heterocycles. The van der Waals surface area contributed by atoms with E-state index < -0.39 is 41.2 Å². The fourth-order valence-electron chi connectivity index (χ4n) is 2.69. The number of aromatic nitrogens is 4. The van der Waals surface area contributed by atoms with E-state index in [4.69, 9.17) is 0 Å². The second kappa shape index (κ2) is 6.00. The number of carbonyl (C=O) groups excluding carboxylic acids is 1. The Morgan fingerprint density at radius 3 is 2.44 bits per heavy atom. The van der Waals surface area contributed by atoms with Crippen molar-refractivity contribution in [3.8, 4) is 5.69 Å². The number of alkyl halides is 3. The van der Waals surface area contributed by atoms with Crippen LogP contribution in [-0.4, -0.2) is 30.8 Å². The van der Waals surface area contributed by atoms with Crippen molar-refractivity contribution in [1.82, 2.24) is 18.7 Å². The number of carboxylic acids is 1. The number of carboxylic acid groups (broad SMARTS) is 1. The van der Waals surface area contributed by atoms with E-state index >= 15 is 0 Å². The topological polar surface area (TPSA) is 122 Å². The molecule has 0 atom stereocenters. The molecule has 3 rings (SSSR count). The van der Waals surface area contributed by atoms with Crippen LogP contribution >= 0.6 is 0 Å². The average molecular weight is 383 g/mol. The normalized spacial score (nSPS) is 11.9. The zero-order chi connectivity index (χ0) is 20.1. The van der Waals surface area contributed by atoms with Gasteiger partial charge < -0.3 is 9.90 Å². The highest BCUT2D eigenvalue weighted by Gasteiger charge is 2.30. The van der Waals surface area contributed by atoms with Gasteiger partial charge in [0, 0.05) is 13.2 Å². The van der Waals surface area contributed by atoms with Gasteiger partial charge in [0.25, 0.3) is 5.56 Å². The Hall–Kier alpha value is -3.57. The van der Waals surface area contributed by atoms with Crippen LogP contribution in [-0.2, 0) is 13.6 Å². The van der Waals surface area contributed by atoms with Crippen LogP contribution in [0.4, 0.5) is 13.2 Å². The second-order valence-corrected chi connectivity index (χ2v) is 5.68. The summed E-state index contributed by atoms with van der Waals surface area (Å²) in [5.41, 5.74) is -3.93. The lowest BCUT2D eigenvalue weighted by atomic mass is 10.2. The highest BCUT2D eigenvalue weighted by Crippen LogP contribution is 2.22. The van der Waals surface area contributed by atoms with Crippen molar-refractivity contribution < 1.29 is 23.1 Å². The van der Waals surface area contributed by atoms with Gasteiger partial charge in [0.15, 0.2) is 0 Å². The monoisotopic (exact) mass is 383 g/mol. The quantitative estimate of drug-likeness (QED) is 0.629. The van der Waals surface area contributed by atoms with Crippen LogP contribution in [0.1, 0.15) is 10.4 Å². The maximum atomic E-state index is 12.8. The van der Waals surface area contributed by atoms with Crippen LogP contribution in [0.3, 0.4) is 0 Å². The summed E-state index contributed by atoms with van der Waals surface area (Å²) in [6, 6.07) is 3.70. The van der Waals surface area contributed by atoms with Crippen molar-refractivity contribution in [2.45, 2.75) is 12.7 Å². The van der Waals surface area contributed by atoms with E-state index in [0.717, 1.165) is 15.2 Å². The first-order valence-corrected chi connectivity index (χ1v) is 7.33. The first-order chi connectivity index (χ1) is 12.5. The molecule has 1 N–H and O–H groups in total. The molecule has 0 aliphatic carbocycles. The number of fused-ring (bicyclic) bond motifs is 1. The van der Waals surface area contributed by atoms with Gasteiger partial charge in [-0.25, -0.2) is 9.59 Å². The number of aromatic carboxylic acids is 1. The molecule has 12 heteroatoms. The zero-order valence-corrected chi connectivity index (χ0v) is 13.5. The number of aromatic amines is 1. The first-order valence-electron chi connectivity index (χ1n) is 7.33. The molecule has 0 amide bonds. The second-order valence-electron chi connectivity index (χ2n) is 5.68. The minimum absolute atomic E-state index is 0.0484.